The predicted octanol–water partition coefficient (Wildman–Crippen LogP) is 1.89. The highest BCUT2D eigenvalue weighted by Crippen LogP contribution is 2.15. The first-order chi connectivity index (χ1) is 12.0. The number of aryl methyl sites for hydroxylation is 1. The third-order valence-electron chi connectivity index (χ3n) is 3.84. The maximum atomic E-state index is 12.3. The van der Waals surface area contributed by atoms with Crippen molar-refractivity contribution in [2.24, 2.45) is 7.05 Å². The van der Waals surface area contributed by atoms with E-state index in [0.717, 1.165) is 5.69 Å². The molecule has 0 fully saturated rings. The number of nitrogens with zero attached hydrogens (tertiary/aromatic N) is 4. The zero-order chi connectivity index (χ0) is 18.0. The number of benzene rings is 2. The molecule has 1 aromatic heterocycles. The third-order valence-corrected chi connectivity index (χ3v) is 3.84. The van der Waals surface area contributed by atoms with Crippen LogP contribution in [0.2, 0.25) is 0 Å². The topological polar surface area (TPSA) is 72.2 Å². The summed E-state index contributed by atoms with van der Waals surface area (Å²) in [6.07, 6.45) is 1.45. The van der Waals surface area contributed by atoms with Gasteiger partial charge in [0.15, 0.2) is 0 Å². The minimum absolute atomic E-state index is 0.187. The Bertz CT molecular complexity index is 937. The van der Waals surface area contributed by atoms with Gasteiger partial charge in [-0.15, -0.1) is 0 Å². The molecule has 25 heavy (non-hydrogen) atoms. The van der Waals surface area contributed by atoms with Crippen molar-refractivity contribution in [3.8, 4) is 5.69 Å². The lowest BCUT2D eigenvalue weighted by atomic mass is 10.2. The van der Waals surface area contributed by atoms with Crippen LogP contribution in [0.15, 0.2) is 59.7 Å². The molecule has 0 unspecified atom stereocenters. The second-order valence-electron chi connectivity index (χ2n) is 5.88. The summed E-state index contributed by atoms with van der Waals surface area (Å²) in [5.41, 5.74) is 2.67. The van der Waals surface area contributed by atoms with E-state index in [0.29, 0.717) is 16.9 Å². The summed E-state index contributed by atoms with van der Waals surface area (Å²) in [5.74, 6) is -0.187. The molecule has 7 heteroatoms. The molecular weight excluding hydrogens is 318 g/mol. The highest BCUT2D eigenvalue weighted by atomic mass is 16.2. The first-order valence-electron chi connectivity index (χ1n) is 7.75. The van der Waals surface area contributed by atoms with Crippen LogP contribution in [0.1, 0.15) is 10.4 Å². The smallest absolute Gasteiger partial charge is 0.350 e. The van der Waals surface area contributed by atoms with Gasteiger partial charge in [-0.25, -0.2) is 4.79 Å². The van der Waals surface area contributed by atoms with E-state index in [1.165, 1.54) is 15.6 Å². The van der Waals surface area contributed by atoms with Crippen LogP contribution in [0.5, 0.6) is 0 Å². The van der Waals surface area contributed by atoms with E-state index in [4.69, 9.17) is 0 Å². The van der Waals surface area contributed by atoms with Crippen molar-refractivity contribution in [2.75, 3.05) is 24.3 Å². The summed E-state index contributed by atoms with van der Waals surface area (Å²) in [6, 6.07) is 14.3. The van der Waals surface area contributed by atoms with Gasteiger partial charge in [0.25, 0.3) is 5.91 Å². The molecule has 1 amide bonds. The average molecular weight is 337 g/mol. The maximum absolute atomic E-state index is 12.3. The lowest BCUT2D eigenvalue weighted by Crippen LogP contribution is -2.21. The highest BCUT2D eigenvalue weighted by Gasteiger charge is 2.08. The lowest BCUT2D eigenvalue weighted by Gasteiger charge is -2.12. The minimum Gasteiger partial charge on any atom is -0.378 e. The number of carbonyl (C=O) groups is 1. The molecular formula is C18H19N5O2. The second-order valence-corrected chi connectivity index (χ2v) is 5.88. The van der Waals surface area contributed by atoms with Crippen LogP contribution in [-0.4, -0.2) is 34.4 Å². The van der Waals surface area contributed by atoms with Crippen LogP contribution < -0.4 is 15.9 Å². The van der Waals surface area contributed by atoms with E-state index in [1.54, 1.807) is 43.4 Å². The number of rotatable bonds is 4. The summed E-state index contributed by atoms with van der Waals surface area (Å²) in [5, 5.41) is 6.86. The normalized spacial score (nSPS) is 10.5. The minimum atomic E-state index is -0.224. The van der Waals surface area contributed by atoms with E-state index >= 15 is 0 Å². The fraction of sp³-hybridized carbons (Fsp3) is 0.167. The first kappa shape index (κ1) is 16.5. The maximum Gasteiger partial charge on any atom is 0.350 e. The Hall–Kier alpha value is -3.35. The van der Waals surface area contributed by atoms with Gasteiger partial charge in [0.1, 0.15) is 6.33 Å². The van der Waals surface area contributed by atoms with Crippen LogP contribution in [0, 0.1) is 0 Å². The molecule has 0 aliphatic heterocycles. The SMILES string of the molecule is CN(C)c1ccc(C(=O)Nc2ccc(-n3ncn(C)c3=O)cc2)cc1. The van der Waals surface area contributed by atoms with E-state index < -0.39 is 0 Å². The van der Waals surface area contributed by atoms with Crippen molar-refractivity contribution < 1.29 is 4.79 Å². The van der Waals surface area contributed by atoms with Gasteiger partial charge in [0, 0.05) is 38.1 Å². The van der Waals surface area contributed by atoms with Gasteiger partial charge in [-0.1, -0.05) is 0 Å². The van der Waals surface area contributed by atoms with Crippen LogP contribution in [0.4, 0.5) is 11.4 Å². The number of aromatic nitrogens is 3. The van der Waals surface area contributed by atoms with Crippen LogP contribution in [-0.2, 0) is 7.05 Å². The molecule has 0 bridgehead atoms. The summed E-state index contributed by atoms with van der Waals surface area (Å²) >= 11 is 0. The van der Waals surface area contributed by atoms with Crippen LogP contribution in [0.3, 0.4) is 0 Å². The molecule has 7 nitrogen and oxygen atoms in total. The number of hydrogen-bond acceptors (Lipinski definition) is 4. The molecule has 0 spiro atoms. The largest absolute Gasteiger partial charge is 0.378 e. The zero-order valence-corrected chi connectivity index (χ0v) is 14.3. The molecule has 0 aliphatic carbocycles. The summed E-state index contributed by atoms with van der Waals surface area (Å²) in [6.45, 7) is 0. The monoisotopic (exact) mass is 337 g/mol. The fourth-order valence-electron chi connectivity index (χ4n) is 2.35. The Kier molecular flexibility index (Phi) is 4.38. The highest BCUT2D eigenvalue weighted by molar-refractivity contribution is 6.04. The van der Waals surface area contributed by atoms with Gasteiger partial charge in [0.2, 0.25) is 0 Å². The lowest BCUT2D eigenvalue weighted by molar-refractivity contribution is 0.102. The molecule has 128 valence electrons. The van der Waals surface area contributed by atoms with E-state index in [1.807, 2.05) is 31.1 Å². The number of carbonyl (C=O) groups excluding carboxylic acids is 1. The summed E-state index contributed by atoms with van der Waals surface area (Å²) in [7, 11) is 5.54. The molecule has 2 aromatic carbocycles. The van der Waals surface area contributed by atoms with E-state index in [-0.39, 0.29) is 11.6 Å². The quantitative estimate of drug-likeness (QED) is 0.789. The molecule has 0 saturated heterocycles. The Morgan fingerprint density at radius 2 is 1.68 bits per heavy atom. The Morgan fingerprint density at radius 3 is 2.20 bits per heavy atom. The molecule has 3 rings (SSSR count). The van der Waals surface area contributed by atoms with Crippen molar-refractivity contribution in [2.45, 2.75) is 0 Å². The van der Waals surface area contributed by atoms with Crippen molar-refractivity contribution in [3.63, 3.8) is 0 Å². The van der Waals surface area contributed by atoms with Crippen LogP contribution >= 0.6 is 0 Å². The molecule has 1 N–H and O–H groups in total. The van der Waals surface area contributed by atoms with Crippen molar-refractivity contribution in [1.82, 2.24) is 14.3 Å². The predicted molar refractivity (Wildman–Crippen MR) is 97.5 cm³/mol. The molecule has 0 radical (unpaired) electrons. The summed E-state index contributed by atoms with van der Waals surface area (Å²) < 4.78 is 2.69. The van der Waals surface area contributed by atoms with Crippen molar-refractivity contribution in [1.29, 1.82) is 0 Å². The second kappa shape index (κ2) is 6.64. The fourth-order valence-corrected chi connectivity index (χ4v) is 2.35. The van der Waals surface area contributed by atoms with Crippen LogP contribution in [0.25, 0.3) is 5.69 Å². The summed E-state index contributed by atoms with van der Waals surface area (Å²) in [4.78, 5) is 26.2. The van der Waals surface area contributed by atoms with Crippen molar-refractivity contribution >= 4 is 17.3 Å². The van der Waals surface area contributed by atoms with E-state index in [9.17, 15) is 9.59 Å². The van der Waals surface area contributed by atoms with Gasteiger partial charge in [-0.05, 0) is 48.5 Å². The number of nitrogens with one attached hydrogen (secondary N) is 1. The standard InChI is InChI=1S/C18H19N5O2/c1-21(2)15-8-4-13(5-9-15)17(24)20-14-6-10-16(11-7-14)23-18(25)22(3)12-19-23/h4-12H,1-3H3,(H,20,24). The Morgan fingerprint density at radius 1 is 1.04 bits per heavy atom. The third kappa shape index (κ3) is 3.45. The Labute approximate surface area is 145 Å². The van der Waals surface area contributed by atoms with E-state index in [2.05, 4.69) is 10.4 Å². The van der Waals surface area contributed by atoms with Gasteiger partial charge >= 0.3 is 5.69 Å². The van der Waals surface area contributed by atoms with Crippen molar-refractivity contribution in [3.05, 3.63) is 70.9 Å². The first-order valence-corrected chi connectivity index (χ1v) is 7.75. The van der Waals surface area contributed by atoms with Gasteiger partial charge in [-0.3, -0.25) is 9.36 Å². The molecule has 0 saturated carbocycles. The molecule has 0 atom stereocenters. The van der Waals surface area contributed by atoms with Gasteiger partial charge < -0.3 is 10.2 Å². The van der Waals surface area contributed by atoms with Gasteiger partial charge in [0.05, 0.1) is 5.69 Å². The number of anilines is 2. The Balaban J connectivity index is 1.73. The number of amides is 1. The number of hydrogen-bond donors (Lipinski definition) is 1. The molecule has 3 aromatic rings. The average Bonchev–Trinajstić information content (AvgIpc) is 2.95. The zero-order valence-electron chi connectivity index (χ0n) is 14.3. The molecule has 0 aliphatic rings. The van der Waals surface area contributed by atoms with Gasteiger partial charge in [-0.2, -0.15) is 9.78 Å². The molecule has 1 heterocycles.